The molecule has 2 aromatic rings. The Kier molecular flexibility index (Phi) is 7.41. The van der Waals surface area contributed by atoms with Crippen LogP contribution in [0.1, 0.15) is 36.1 Å². The summed E-state index contributed by atoms with van der Waals surface area (Å²) < 4.78 is 64.5. The fourth-order valence-corrected chi connectivity index (χ4v) is 3.95. The second kappa shape index (κ2) is 9.26. The first-order chi connectivity index (χ1) is 13.8. The monoisotopic (exact) mass is 462 g/mol. The van der Waals surface area contributed by atoms with Crippen molar-refractivity contribution in [3.8, 4) is 0 Å². The molecule has 2 aromatic carbocycles. The number of hydrogen-bond donors (Lipinski definition) is 1. The number of aryl methyl sites for hydroxylation is 1. The number of sulfonamides is 1. The normalized spacial score (nSPS) is 13.0. The fraction of sp³-hybridized carbons (Fsp3) is 0.350. The zero-order chi connectivity index (χ0) is 22.7. The lowest BCUT2D eigenvalue weighted by Crippen LogP contribution is -2.41. The van der Waals surface area contributed by atoms with Gasteiger partial charge in [-0.25, -0.2) is 8.42 Å². The summed E-state index contributed by atoms with van der Waals surface area (Å²) in [5, 5.41) is 2.18. The maximum atomic E-state index is 13.2. The molecule has 1 N–H and O–H groups in total. The summed E-state index contributed by atoms with van der Waals surface area (Å²) in [5.41, 5.74) is 0.411. The predicted octanol–water partition coefficient (Wildman–Crippen LogP) is 4.70. The summed E-state index contributed by atoms with van der Waals surface area (Å²) >= 11 is 5.60. The second-order valence-corrected chi connectivity index (χ2v) is 9.18. The van der Waals surface area contributed by atoms with Gasteiger partial charge < -0.3 is 5.32 Å². The van der Waals surface area contributed by atoms with Crippen LogP contribution in [0.4, 0.5) is 18.9 Å². The summed E-state index contributed by atoms with van der Waals surface area (Å²) in [6, 6.07) is 9.82. The molecule has 1 atom stereocenters. The van der Waals surface area contributed by atoms with E-state index in [2.05, 4.69) is 5.32 Å². The molecule has 0 saturated heterocycles. The van der Waals surface area contributed by atoms with Crippen LogP contribution in [0.2, 0.25) is 5.02 Å². The summed E-state index contributed by atoms with van der Waals surface area (Å²) in [6.45, 7) is 3.11. The molecular formula is C20H22ClF3N2O3S. The molecule has 0 spiro atoms. The molecule has 0 aliphatic heterocycles. The first-order valence-corrected chi connectivity index (χ1v) is 11.3. The minimum atomic E-state index is -4.77. The highest BCUT2D eigenvalue weighted by Gasteiger charge is 2.34. The van der Waals surface area contributed by atoms with E-state index in [0.29, 0.717) is 16.8 Å². The number of benzene rings is 2. The molecule has 0 aliphatic rings. The maximum Gasteiger partial charge on any atom is 0.417 e. The van der Waals surface area contributed by atoms with Crippen molar-refractivity contribution in [3.63, 3.8) is 0 Å². The minimum Gasteiger partial charge on any atom is -0.348 e. The van der Waals surface area contributed by atoms with Gasteiger partial charge in [0, 0.05) is 0 Å². The van der Waals surface area contributed by atoms with Crippen LogP contribution in [0.3, 0.4) is 0 Å². The van der Waals surface area contributed by atoms with Crippen LogP contribution in [-0.4, -0.2) is 27.1 Å². The number of amides is 1. The van der Waals surface area contributed by atoms with Crippen molar-refractivity contribution in [1.29, 1.82) is 0 Å². The van der Waals surface area contributed by atoms with Gasteiger partial charge in [-0.3, -0.25) is 9.10 Å². The number of alkyl halides is 3. The molecule has 1 amide bonds. The Labute approximate surface area is 178 Å². The van der Waals surface area contributed by atoms with Crippen molar-refractivity contribution < 1.29 is 26.4 Å². The van der Waals surface area contributed by atoms with E-state index in [4.69, 9.17) is 11.6 Å². The molecule has 0 heterocycles. The zero-order valence-electron chi connectivity index (χ0n) is 16.6. The van der Waals surface area contributed by atoms with Gasteiger partial charge in [0.05, 0.1) is 28.6 Å². The first-order valence-electron chi connectivity index (χ1n) is 9.03. The average Bonchev–Trinajstić information content (AvgIpc) is 2.64. The number of carbonyl (C=O) groups is 1. The van der Waals surface area contributed by atoms with Crippen molar-refractivity contribution in [2.45, 2.75) is 32.5 Å². The Morgan fingerprint density at radius 1 is 1.17 bits per heavy atom. The summed E-state index contributed by atoms with van der Waals surface area (Å²) in [5.74, 6) is -0.642. The molecule has 0 aromatic heterocycles. The topological polar surface area (TPSA) is 66.5 Å². The summed E-state index contributed by atoms with van der Waals surface area (Å²) in [6.07, 6.45) is -3.40. The number of nitrogens with one attached hydrogen (secondary N) is 1. The van der Waals surface area contributed by atoms with Gasteiger partial charge in [-0.1, -0.05) is 48.4 Å². The van der Waals surface area contributed by atoms with Gasteiger partial charge in [0.2, 0.25) is 15.9 Å². The second-order valence-electron chi connectivity index (χ2n) is 6.87. The number of carbonyl (C=O) groups excluding carboxylic acids is 1. The van der Waals surface area contributed by atoms with Crippen molar-refractivity contribution in [3.05, 3.63) is 64.2 Å². The van der Waals surface area contributed by atoms with E-state index in [1.807, 2.05) is 38.1 Å². The van der Waals surface area contributed by atoms with Crippen LogP contribution in [0.25, 0.3) is 0 Å². The Balaban J connectivity index is 2.29. The summed E-state index contributed by atoms with van der Waals surface area (Å²) in [7, 11) is -4.04. The molecule has 0 aliphatic carbocycles. The van der Waals surface area contributed by atoms with Gasteiger partial charge >= 0.3 is 6.18 Å². The highest BCUT2D eigenvalue weighted by atomic mass is 35.5. The standard InChI is InChI=1S/C20H22ClF3N2O3S/c1-4-18(14-7-5-13(2)6-8-14)25-19(27)12-26(30(3,28)29)15-9-10-17(21)16(11-15)20(22,23)24/h5-11,18H,4,12H2,1-3H3,(H,25,27)/t18-/m1/s1. The summed E-state index contributed by atoms with van der Waals surface area (Å²) in [4.78, 5) is 12.6. The Morgan fingerprint density at radius 3 is 2.27 bits per heavy atom. The zero-order valence-corrected chi connectivity index (χ0v) is 18.2. The van der Waals surface area contributed by atoms with Crippen LogP contribution < -0.4 is 9.62 Å². The predicted molar refractivity (Wildman–Crippen MR) is 111 cm³/mol. The first kappa shape index (κ1) is 24.0. The van der Waals surface area contributed by atoms with Crippen molar-refractivity contribution in [2.75, 3.05) is 17.1 Å². The molecule has 30 heavy (non-hydrogen) atoms. The molecule has 164 valence electrons. The third-order valence-corrected chi connectivity index (χ3v) is 5.92. The highest BCUT2D eigenvalue weighted by molar-refractivity contribution is 7.92. The SMILES string of the molecule is CC[C@@H](NC(=O)CN(c1ccc(Cl)c(C(F)(F)F)c1)S(C)(=O)=O)c1ccc(C)cc1. The van der Waals surface area contributed by atoms with Gasteiger partial charge in [-0.05, 0) is 37.1 Å². The van der Waals surface area contributed by atoms with Gasteiger partial charge in [0.15, 0.2) is 0 Å². The van der Waals surface area contributed by atoms with Crippen LogP contribution in [0, 0.1) is 6.92 Å². The Bertz CT molecular complexity index is 1010. The third-order valence-electron chi connectivity index (χ3n) is 4.45. The molecule has 0 radical (unpaired) electrons. The van der Waals surface area contributed by atoms with E-state index < -0.39 is 39.2 Å². The molecule has 10 heteroatoms. The molecule has 5 nitrogen and oxygen atoms in total. The van der Waals surface area contributed by atoms with E-state index in [-0.39, 0.29) is 11.7 Å². The van der Waals surface area contributed by atoms with E-state index >= 15 is 0 Å². The van der Waals surface area contributed by atoms with Crippen LogP contribution in [0.15, 0.2) is 42.5 Å². The number of rotatable bonds is 7. The van der Waals surface area contributed by atoms with Crippen molar-refractivity contribution >= 4 is 33.2 Å². The number of hydrogen-bond acceptors (Lipinski definition) is 3. The largest absolute Gasteiger partial charge is 0.417 e. The third kappa shape index (κ3) is 6.12. The molecular weight excluding hydrogens is 441 g/mol. The van der Waals surface area contributed by atoms with Crippen LogP contribution in [0.5, 0.6) is 0 Å². The molecule has 2 rings (SSSR count). The van der Waals surface area contributed by atoms with Crippen LogP contribution in [-0.2, 0) is 21.0 Å². The lowest BCUT2D eigenvalue weighted by atomic mass is 10.0. The quantitative estimate of drug-likeness (QED) is 0.648. The van der Waals surface area contributed by atoms with Gasteiger partial charge in [-0.15, -0.1) is 0 Å². The molecule has 0 bridgehead atoms. The highest BCUT2D eigenvalue weighted by Crippen LogP contribution is 2.37. The smallest absolute Gasteiger partial charge is 0.348 e. The number of nitrogens with zero attached hydrogens (tertiary/aromatic N) is 1. The van der Waals surface area contributed by atoms with E-state index in [1.165, 1.54) is 0 Å². The maximum absolute atomic E-state index is 13.2. The van der Waals surface area contributed by atoms with Crippen molar-refractivity contribution in [2.24, 2.45) is 0 Å². The molecule has 0 fully saturated rings. The van der Waals surface area contributed by atoms with Gasteiger partial charge in [-0.2, -0.15) is 13.2 Å². The Hall–Kier alpha value is -2.26. The van der Waals surface area contributed by atoms with Crippen LogP contribution >= 0.6 is 11.6 Å². The Morgan fingerprint density at radius 2 is 1.77 bits per heavy atom. The van der Waals surface area contributed by atoms with Gasteiger partial charge in [0.25, 0.3) is 0 Å². The lowest BCUT2D eigenvalue weighted by Gasteiger charge is -2.25. The molecule has 0 unspecified atom stereocenters. The molecule has 0 saturated carbocycles. The van der Waals surface area contributed by atoms with E-state index in [0.717, 1.165) is 29.5 Å². The van der Waals surface area contributed by atoms with Crippen molar-refractivity contribution in [1.82, 2.24) is 5.32 Å². The fourth-order valence-electron chi connectivity index (χ4n) is 2.88. The van der Waals surface area contributed by atoms with E-state index in [9.17, 15) is 26.4 Å². The number of halogens is 4. The lowest BCUT2D eigenvalue weighted by molar-refractivity contribution is -0.137. The minimum absolute atomic E-state index is 0.298. The van der Waals surface area contributed by atoms with E-state index in [1.54, 1.807) is 0 Å². The number of anilines is 1. The average molecular weight is 463 g/mol. The van der Waals surface area contributed by atoms with Gasteiger partial charge in [0.1, 0.15) is 6.54 Å².